The van der Waals surface area contributed by atoms with Gasteiger partial charge in [0.15, 0.2) is 9.84 Å². The second-order valence-electron chi connectivity index (χ2n) is 6.34. The number of sulfone groups is 1. The van der Waals surface area contributed by atoms with Gasteiger partial charge in [0.1, 0.15) is 5.75 Å². The lowest BCUT2D eigenvalue weighted by Crippen LogP contribution is -2.50. The molecule has 0 saturated carbocycles. The minimum absolute atomic E-state index is 0. The zero-order chi connectivity index (χ0) is 17.6. The maximum atomic E-state index is 12.0. The van der Waals surface area contributed by atoms with Crippen LogP contribution in [0.5, 0.6) is 5.75 Å². The van der Waals surface area contributed by atoms with Gasteiger partial charge in [0.05, 0.1) is 11.5 Å². The van der Waals surface area contributed by atoms with E-state index in [1.54, 1.807) is 12.1 Å². The van der Waals surface area contributed by atoms with E-state index in [0.717, 1.165) is 19.5 Å². The van der Waals surface area contributed by atoms with E-state index in [2.05, 4.69) is 17.6 Å². The van der Waals surface area contributed by atoms with Crippen molar-refractivity contribution in [1.29, 1.82) is 0 Å². The van der Waals surface area contributed by atoms with Crippen molar-refractivity contribution in [1.82, 2.24) is 10.6 Å². The second-order valence-corrected chi connectivity index (χ2v) is 8.36. The third-order valence-corrected chi connectivity index (χ3v) is 5.37. The van der Waals surface area contributed by atoms with Crippen molar-refractivity contribution in [3.8, 4) is 5.75 Å². The Kier molecular flexibility index (Phi) is 8.68. The molecule has 1 aliphatic rings. The van der Waals surface area contributed by atoms with Crippen molar-refractivity contribution in [2.24, 2.45) is 5.92 Å². The molecule has 142 valence electrons. The van der Waals surface area contributed by atoms with Crippen LogP contribution in [0.25, 0.3) is 0 Å². The maximum Gasteiger partial charge on any atom is 0.220 e. The van der Waals surface area contributed by atoms with Crippen molar-refractivity contribution in [3.63, 3.8) is 0 Å². The SMILES string of the molecule is CC1CCNCC1NC(=O)CCCOc1ccc(S(C)(=O)=O)cc1.Cl. The van der Waals surface area contributed by atoms with Crippen LogP contribution >= 0.6 is 12.4 Å². The molecule has 6 nitrogen and oxygen atoms in total. The van der Waals surface area contributed by atoms with Crippen LogP contribution < -0.4 is 15.4 Å². The highest BCUT2D eigenvalue weighted by atomic mass is 35.5. The number of carbonyl (C=O) groups is 1. The summed E-state index contributed by atoms with van der Waals surface area (Å²) >= 11 is 0. The molecule has 1 aromatic rings. The summed E-state index contributed by atoms with van der Waals surface area (Å²) in [5, 5.41) is 6.36. The predicted molar refractivity (Wildman–Crippen MR) is 100 cm³/mol. The minimum Gasteiger partial charge on any atom is -0.494 e. The zero-order valence-corrected chi connectivity index (χ0v) is 16.3. The molecule has 0 aliphatic carbocycles. The summed E-state index contributed by atoms with van der Waals surface area (Å²) in [5.41, 5.74) is 0. The van der Waals surface area contributed by atoms with E-state index in [4.69, 9.17) is 4.74 Å². The Morgan fingerprint density at radius 3 is 2.60 bits per heavy atom. The van der Waals surface area contributed by atoms with Crippen molar-refractivity contribution in [3.05, 3.63) is 24.3 Å². The minimum atomic E-state index is -3.19. The van der Waals surface area contributed by atoms with Crippen LogP contribution in [0.2, 0.25) is 0 Å². The van der Waals surface area contributed by atoms with Gasteiger partial charge < -0.3 is 15.4 Å². The Balaban J connectivity index is 0.00000312. The summed E-state index contributed by atoms with van der Waals surface area (Å²) in [6.07, 6.45) is 3.29. The Hall–Kier alpha value is -1.31. The van der Waals surface area contributed by atoms with Gasteiger partial charge in [-0.15, -0.1) is 12.4 Å². The molecular weight excluding hydrogens is 364 g/mol. The predicted octanol–water partition coefficient (Wildman–Crippen LogP) is 1.79. The highest BCUT2D eigenvalue weighted by Gasteiger charge is 2.22. The molecule has 8 heteroatoms. The lowest BCUT2D eigenvalue weighted by atomic mass is 9.95. The van der Waals surface area contributed by atoms with Gasteiger partial charge in [0.25, 0.3) is 0 Å². The fraction of sp³-hybridized carbons (Fsp3) is 0.588. The first kappa shape index (κ1) is 21.7. The van der Waals surface area contributed by atoms with Gasteiger partial charge in [0.2, 0.25) is 5.91 Å². The second kappa shape index (κ2) is 9.99. The highest BCUT2D eigenvalue weighted by Crippen LogP contribution is 2.16. The molecule has 1 aromatic carbocycles. The third kappa shape index (κ3) is 7.22. The van der Waals surface area contributed by atoms with E-state index in [1.807, 2.05) is 0 Å². The summed E-state index contributed by atoms with van der Waals surface area (Å²) in [6.45, 7) is 4.43. The molecule has 2 rings (SSSR count). The fourth-order valence-electron chi connectivity index (χ4n) is 2.67. The number of piperidine rings is 1. The Labute approximate surface area is 156 Å². The Bertz CT molecular complexity index is 649. The number of amides is 1. The zero-order valence-electron chi connectivity index (χ0n) is 14.7. The van der Waals surface area contributed by atoms with Gasteiger partial charge in [-0.1, -0.05) is 6.92 Å². The van der Waals surface area contributed by atoms with E-state index in [9.17, 15) is 13.2 Å². The first-order valence-corrected chi connectivity index (χ1v) is 10.2. The molecule has 1 amide bonds. The summed E-state index contributed by atoms with van der Waals surface area (Å²) in [6, 6.07) is 6.51. The van der Waals surface area contributed by atoms with E-state index < -0.39 is 9.84 Å². The number of hydrogen-bond donors (Lipinski definition) is 2. The molecule has 1 heterocycles. The van der Waals surface area contributed by atoms with Crippen LogP contribution in [-0.2, 0) is 14.6 Å². The summed E-state index contributed by atoms with van der Waals surface area (Å²) in [4.78, 5) is 12.2. The molecule has 1 fully saturated rings. The van der Waals surface area contributed by atoms with Gasteiger partial charge in [0, 0.05) is 25.3 Å². The van der Waals surface area contributed by atoms with Crippen LogP contribution in [0.4, 0.5) is 0 Å². The average molecular weight is 391 g/mol. The topological polar surface area (TPSA) is 84.5 Å². The smallest absolute Gasteiger partial charge is 0.220 e. The van der Waals surface area contributed by atoms with Crippen molar-refractivity contribution in [2.45, 2.75) is 37.1 Å². The van der Waals surface area contributed by atoms with Gasteiger partial charge in [-0.3, -0.25) is 4.79 Å². The van der Waals surface area contributed by atoms with E-state index in [-0.39, 0.29) is 29.3 Å². The number of ether oxygens (including phenoxy) is 1. The molecule has 0 aromatic heterocycles. The molecule has 2 atom stereocenters. The van der Waals surface area contributed by atoms with Gasteiger partial charge >= 0.3 is 0 Å². The maximum absolute atomic E-state index is 12.0. The van der Waals surface area contributed by atoms with Crippen molar-refractivity contribution < 1.29 is 17.9 Å². The largest absolute Gasteiger partial charge is 0.494 e. The average Bonchev–Trinajstić information content (AvgIpc) is 2.53. The van der Waals surface area contributed by atoms with E-state index >= 15 is 0 Å². The molecular formula is C17H27ClN2O4S. The first-order valence-electron chi connectivity index (χ1n) is 8.29. The van der Waals surface area contributed by atoms with Crippen LogP contribution in [0, 0.1) is 5.92 Å². The van der Waals surface area contributed by atoms with E-state index in [1.165, 1.54) is 18.4 Å². The summed E-state index contributed by atoms with van der Waals surface area (Å²) < 4.78 is 28.3. The van der Waals surface area contributed by atoms with Crippen LogP contribution in [0.1, 0.15) is 26.2 Å². The Morgan fingerprint density at radius 2 is 2.00 bits per heavy atom. The van der Waals surface area contributed by atoms with Gasteiger partial charge in [-0.05, 0) is 49.6 Å². The quantitative estimate of drug-likeness (QED) is 0.693. The monoisotopic (exact) mass is 390 g/mol. The highest BCUT2D eigenvalue weighted by molar-refractivity contribution is 7.90. The molecule has 0 spiro atoms. The molecule has 1 aliphatic heterocycles. The number of halogens is 1. The normalized spacial score (nSPS) is 20.4. The van der Waals surface area contributed by atoms with E-state index in [0.29, 0.717) is 31.1 Å². The lowest BCUT2D eigenvalue weighted by molar-refractivity contribution is -0.122. The van der Waals surface area contributed by atoms with Gasteiger partial charge in [-0.2, -0.15) is 0 Å². The first-order chi connectivity index (χ1) is 11.4. The lowest BCUT2D eigenvalue weighted by Gasteiger charge is -2.30. The molecule has 1 saturated heterocycles. The fourth-order valence-corrected chi connectivity index (χ4v) is 3.30. The van der Waals surface area contributed by atoms with Crippen molar-refractivity contribution in [2.75, 3.05) is 26.0 Å². The molecule has 25 heavy (non-hydrogen) atoms. The number of hydrogen-bond acceptors (Lipinski definition) is 5. The number of nitrogens with one attached hydrogen (secondary N) is 2. The van der Waals surface area contributed by atoms with Gasteiger partial charge in [-0.25, -0.2) is 8.42 Å². The van der Waals surface area contributed by atoms with Crippen LogP contribution in [-0.4, -0.2) is 46.3 Å². The molecule has 2 unspecified atom stereocenters. The summed E-state index contributed by atoms with van der Waals surface area (Å²) in [5.74, 6) is 1.15. The third-order valence-electron chi connectivity index (χ3n) is 4.24. The standard InChI is InChI=1S/C17H26N2O4S.ClH/c1-13-9-10-18-12-16(13)19-17(20)4-3-11-23-14-5-7-15(8-6-14)24(2,21)22;/h5-8,13,16,18H,3-4,9-12H2,1-2H3,(H,19,20);1H. The molecule has 2 N–H and O–H groups in total. The molecule has 0 radical (unpaired) electrons. The number of benzene rings is 1. The van der Waals surface area contributed by atoms with Crippen LogP contribution in [0.15, 0.2) is 29.2 Å². The number of carbonyl (C=O) groups excluding carboxylic acids is 1. The summed E-state index contributed by atoms with van der Waals surface area (Å²) in [7, 11) is -3.19. The molecule has 0 bridgehead atoms. The van der Waals surface area contributed by atoms with Crippen LogP contribution in [0.3, 0.4) is 0 Å². The number of rotatable bonds is 7. The van der Waals surface area contributed by atoms with Crippen molar-refractivity contribution >= 4 is 28.2 Å². The Morgan fingerprint density at radius 1 is 1.32 bits per heavy atom.